The van der Waals surface area contributed by atoms with Gasteiger partial charge >= 0.3 is 0 Å². The molecule has 20 heavy (non-hydrogen) atoms. The van der Waals surface area contributed by atoms with Crippen molar-refractivity contribution < 1.29 is 4.79 Å². The fourth-order valence-corrected chi connectivity index (χ4v) is 2.93. The maximum Gasteiger partial charge on any atom is 0.233 e. The first-order chi connectivity index (χ1) is 9.19. The summed E-state index contributed by atoms with van der Waals surface area (Å²) in [7, 11) is 4.03. The highest BCUT2D eigenvalue weighted by atomic mass is 32.1. The Bertz CT molecular complexity index is 315. The molecule has 0 spiro atoms. The zero-order valence-corrected chi connectivity index (χ0v) is 14.6. The number of hydrogen-bond donors (Lipinski definition) is 2. The van der Waals surface area contributed by atoms with Crippen molar-refractivity contribution in [1.29, 1.82) is 0 Å². The van der Waals surface area contributed by atoms with E-state index in [0.717, 1.165) is 13.0 Å². The molecule has 0 rings (SSSR count). The molecule has 0 aromatic heterocycles. The van der Waals surface area contributed by atoms with Crippen LogP contribution in [0.25, 0.3) is 0 Å². The molecular formula is C15H31N3OS. The van der Waals surface area contributed by atoms with Crippen LogP contribution in [0.5, 0.6) is 0 Å². The predicted molar refractivity (Wildman–Crippen MR) is 89.7 cm³/mol. The van der Waals surface area contributed by atoms with Gasteiger partial charge in [-0.15, -0.1) is 0 Å². The first-order valence-corrected chi connectivity index (χ1v) is 7.86. The molecule has 0 aromatic rings. The number of likely N-dealkylation sites (N-methyl/N-ethyl adjacent to an activating group) is 1. The maximum absolute atomic E-state index is 12.6. The summed E-state index contributed by atoms with van der Waals surface area (Å²) in [5, 5.41) is 3.16. The Hall–Kier alpha value is -0.680. The molecule has 0 aliphatic rings. The van der Waals surface area contributed by atoms with Gasteiger partial charge in [-0.25, -0.2) is 0 Å². The molecule has 0 aliphatic heterocycles. The molecule has 1 unspecified atom stereocenters. The van der Waals surface area contributed by atoms with E-state index in [-0.39, 0.29) is 11.9 Å². The summed E-state index contributed by atoms with van der Waals surface area (Å²) in [6.07, 6.45) is 2.23. The quantitative estimate of drug-likeness (QED) is 0.641. The maximum atomic E-state index is 12.6. The van der Waals surface area contributed by atoms with Gasteiger partial charge in [0.15, 0.2) is 0 Å². The first-order valence-electron chi connectivity index (χ1n) is 7.45. The monoisotopic (exact) mass is 301 g/mol. The zero-order valence-electron chi connectivity index (χ0n) is 13.8. The Balaban J connectivity index is 5.00. The number of carbonyl (C=O) groups excluding carboxylic acids is 1. The van der Waals surface area contributed by atoms with Crippen molar-refractivity contribution in [3.8, 4) is 0 Å². The van der Waals surface area contributed by atoms with Gasteiger partial charge in [0, 0.05) is 12.6 Å². The van der Waals surface area contributed by atoms with Crippen LogP contribution in [0.1, 0.15) is 47.0 Å². The van der Waals surface area contributed by atoms with Crippen molar-refractivity contribution in [3.05, 3.63) is 0 Å². The number of nitrogens with one attached hydrogen (secondary N) is 1. The number of nitrogens with zero attached hydrogens (tertiary/aromatic N) is 1. The molecule has 3 N–H and O–H groups in total. The summed E-state index contributed by atoms with van der Waals surface area (Å²) in [4.78, 5) is 15.0. The Labute approximate surface area is 129 Å². The molecular weight excluding hydrogens is 270 g/mol. The van der Waals surface area contributed by atoms with Crippen molar-refractivity contribution >= 4 is 23.1 Å². The van der Waals surface area contributed by atoms with Gasteiger partial charge in [-0.3, -0.25) is 4.79 Å². The van der Waals surface area contributed by atoms with Crippen molar-refractivity contribution in [1.82, 2.24) is 10.2 Å². The second-order valence-electron chi connectivity index (χ2n) is 6.22. The topological polar surface area (TPSA) is 58.4 Å². The smallest absolute Gasteiger partial charge is 0.233 e. The van der Waals surface area contributed by atoms with E-state index in [1.165, 1.54) is 0 Å². The van der Waals surface area contributed by atoms with E-state index in [9.17, 15) is 4.79 Å². The second-order valence-corrected chi connectivity index (χ2v) is 6.66. The average Bonchev–Trinajstić information content (AvgIpc) is 2.28. The van der Waals surface area contributed by atoms with Gasteiger partial charge in [0.05, 0.1) is 10.4 Å². The van der Waals surface area contributed by atoms with Crippen molar-refractivity contribution in [2.75, 3.05) is 20.6 Å². The molecule has 4 nitrogen and oxygen atoms in total. The summed E-state index contributed by atoms with van der Waals surface area (Å²) in [6, 6.07) is 0.129. The summed E-state index contributed by atoms with van der Waals surface area (Å²) < 4.78 is 0. The lowest BCUT2D eigenvalue weighted by molar-refractivity contribution is -0.128. The lowest BCUT2D eigenvalue weighted by Gasteiger charge is -2.32. The fraction of sp³-hybridized carbons (Fsp3) is 0.867. The molecule has 0 radical (unpaired) electrons. The van der Waals surface area contributed by atoms with Crippen LogP contribution >= 0.6 is 12.2 Å². The van der Waals surface area contributed by atoms with E-state index in [4.69, 9.17) is 18.0 Å². The van der Waals surface area contributed by atoms with Gasteiger partial charge < -0.3 is 16.0 Å². The lowest BCUT2D eigenvalue weighted by atomic mass is 9.81. The Morgan fingerprint density at radius 2 is 1.80 bits per heavy atom. The van der Waals surface area contributed by atoms with Crippen molar-refractivity contribution in [2.45, 2.75) is 53.0 Å². The van der Waals surface area contributed by atoms with Gasteiger partial charge in [-0.05, 0) is 39.3 Å². The van der Waals surface area contributed by atoms with Crippen LogP contribution in [0.4, 0.5) is 0 Å². The fourth-order valence-electron chi connectivity index (χ4n) is 2.54. The third-order valence-electron chi connectivity index (χ3n) is 3.79. The Morgan fingerprint density at radius 3 is 2.10 bits per heavy atom. The summed E-state index contributed by atoms with van der Waals surface area (Å²) >= 11 is 5.14. The standard InChI is InChI=1S/C15H31N3OS/c1-7-15(8-2,13(16)20)14(19)17-12(9-11(3)4)10-18(5)6/h11-12H,7-10H2,1-6H3,(H2,16,20)(H,17,19). The van der Waals surface area contributed by atoms with Crippen LogP contribution < -0.4 is 11.1 Å². The van der Waals surface area contributed by atoms with Gasteiger partial charge in [0.2, 0.25) is 5.91 Å². The number of hydrogen-bond acceptors (Lipinski definition) is 3. The summed E-state index contributed by atoms with van der Waals surface area (Å²) in [5.74, 6) is 0.505. The highest BCUT2D eigenvalue weighted by Gasteiger charge is 2.38. The molecule has 1 amide bonds. The molecule has 0 heterocycles. The normalized spacial score (nSPS) is 13.6. The van der Waals surface area contributed by atoms with E-state index in [0.29, 0.717) is 23.7 Å². The second kappa shape index (κ2) is 8.57. The highest BCUT2D eigenvalue weighted by molar-refractivity contribution is 7.80. The third kappa shape index (κ3) is 5.37. The van der Waals surface area contributed by atoms with E-state index >= 15 is 0 Å². The SMILES string of the molecule is CCC(CC)(C(=O)NC(CC(C)C)CN(C)C)C(N)=S. The van der Waals surface area contributed by atoms with Gasteiger partial charge in [0.25, 0.3) is 0 Å². The van der Waals surface area contributed by atoms with Crippen LogP contribution in [-0.2, 0) is 4.79 Å². The average molecular weight is 301 g/mol. The number of thiocarbonyl (C=S) groups is 1. The number of carbonyl (C=O) groups is 1. The first kappa shape index (κ1) is 19.3. The minimum Gasteiger partial charge on any atom is -0.392 e. The molecule has 1 atom stereocenters. The molecule has 0 saturated carbocycles. The van der Waals surface area contributed by atoms with Crippen LogP contribution in [0.3, 0.4) is 0 Å². The van der Waals surface area contributed by atoms with E-state index in [1.54, 1.807) is 0 Å². The van der Waals surface area contributed by atoms with Crippen LogP contribution in [0.15, 0.2) is 0 Å². The minimum atomic E-state index is -0.711. The van der Waals surface area contributed by atoms with Gasteiger partial charge in [-0.2, -0.15) is 0 Å². The van der Waals surface area contributed by atoms with Crippen LogP contribution in [0, 0.1) is 11.3 Å². The summed E-state index contributed by atoms with van der Waals surface area (Å²) in [6.45, 7) is 9.08. The minimum absolute atomic E-state index is 0.0255. The van der Waals surface area contributed by atoms with E-state index < -0.39 is 5.41 Å². The third-order valence-corrected chi connectivity index (χ3v) is 4.18. The van der Waals surface area contributed by atoms with E-state index in [1.807, 2.05) is 27.9 Å². The molecule has 118 valence electrons. The lowest BCUT2D eigenvalue weighted by Crippen LogP contribution is -2.53. The largest absolute Gasteiger partial charge is 0.392 e. The van der Waals surface area contributed by atoms with Gasteiger partial charge in [0.1, 0.15) is 0 Å². The Morgan fingerprint density at radius 1 is 1.30 bits per heavy atom. The summed E-state index contributed by atoms with van der Waals surface area (Å²) in [5.41, 5.74) is 5.12. The zero-order chi connectivity index (χ0) is 15.9. The number of rotatable bonds is 9. The van der Waals surface area contributed by atoms with Crippen molar-refractivity contribution in [2.24, 2.45) is 17.1 Å². The molecule has 5 heteroatoms. The molecule has 0 aliphatic carbocycles. The molecule has 0 aromatic carbocycles. The number of amides is 1. The van der Waals surface area contributed by atoms with Gasteiger partial charge in [-0.1, -0.05) is 39.9 Å². The van der Waals surface area contributed by atoms with Crippen LogP contribution in [-0.4, -0.2) is 42.5 Å². The van der Waals surface area contributed by atoms with Crippen molar-refractivity contribution in [3.63, 3.8) is 0 Å². The van der Waals surface area contributed by atoms with Crippen LogP contribution in [0.2, 0.25) is 0 Å². The number of nitrogens with two attached hydrogens (primary N) is 1. The highest BCUT2D eigenvalue weighted by Crippen LogP contribution is 2.27. The molecule has 0 saturated heterocycles. The Kier molecular flexibility index (Phi) is 8.28. The predicted octanol–water partition coefficient (Wildman–Crippen LogP) is 2.17. The molecule has 0 bridgehead atoms. The molecule has 0 fully saturated rings. The van der Waals surface area contributed by atoms with E-state index in [2.05, 4.69) is 24.1 Å².